The van der Waals surface area contributed by atoms with E-state index in [2.05, 4.69) is 17.2 Å². The summed E-state index contributed by atoms with van der Waals surface area (Å²) in [6.45, 7) is 3.81. The Morgan fingerprint density at radius 1 is 1.24 bits per heavy atom. The Morgan fingerprint density at radius 3 is 2.76 bits per heavy atom. The largest absolute Gasteiger partial charge is 0.479 e. The first-order valence-electron chi connectivity index (χ1n) is 9.37. The maximum atomic E-state index is 12.3. The average Bonchev–Trinajstić information content (AvgIpc) is 3.05. The first-order valence-corrected chi connectivity index (χ1v) is 10.2. The van der Waals surface area contributed by atoms with Crippen LogP contribution < -0.4 is 10.1 Å². The number of ether oxygens (including phenoxy) is 1. The Kier molecular flexibility index (Phi) is 6.72. The topological polar surface area (TPSA) is 88.0 Å². The fraction of sp³-hybridized carbons (Fsp3) is 0.227. The summed E-state index contributed by atoms with van der Waals surface area (Å²) in [5, 5.41) is 12.5. The standard InChI is InChI=1S/C22H22N2O4S/c1-3-15-9-5-6-11-17(15)23-22-24-20(25)19(29-22)13-14-8-7-10-16(12-14)28-18(4-2)21(26)27/h5-13,18H,3-4H2,1-2H3,(H,26,27)(H,23,24,25)/b19-13+. The van der Waals surface area contributed by atoms with E-state index >= 15 is 0 Å². The second-order valence-electron chi connectivity index (χ2n) is 6.39. The number of carboxylic acids is 1. The molecular weight excluding hydrogens is 388 g/mol. The highest BCUT2D eigenvalue weighted by Crippen LogP contribution is 2.30. The summed E-state index contributed by atoms with van der Waals surface area (Å²) >= 11 is 1.27. The monoisotopic (exact) mass is 410 g/mol. The van der Waals surface area contributed by atoms with Gasteiger partial charge in [-0.1, -0.05) is 44.2 Å². The smallest absolute Gasteiger partial charge is 0.344 e. The Labute approximate surface area is 173 Å². The predicted octanol–water partition coefficient (Wildman–Crippen LogP) is 4.38. The van der Waals surface area contributed by atoms with E-state index in [1.165, 1.54) is 11.8 Å². The lowest BCUT2D eigenvalue weighted by Gasteiger charge is -2.13. The molecule has 2 aromatic rings. The number of nitrogens with one attached hydrogen (secondary N) is 1. The van der Waals surface area contributed by atoms with Crippen molar-refractivity contribution in [1.29, 1.82) is 0 Å². The minimum absolute atomic E-state index is 0.217. The lowest BCUT2D eigenvalue weighted by Crippen LogP contribution is -2.25. The van der Waals surface area contributed by atoms with Crippen molar-refractivity contribution < 1.29 is 19.4 Å². The summed E-state index contributed by atoms with van der Waals surface area (Å²) in [4.78, 5) is 28.6. The molecule has 7 heteroatoms. The van der Waals surface area contributed by atoms with Crippen molar-refractivity contribution in [3.05, 3.63) is 64.6 Å². The molecule has 2 aromatic carbocycles. The number of rotatable bonds is 7. The molecule has 0 aromatic heterocycles. The van der Waals surface area contributed by atoms with Gasteiger partial charge in [-0.15, -0.1) is 0 Å². The normalized spacial score (nSPS) is 17.4. The summed E-state index contributed by atoms with van der Waals surface area (Å²) in [5.74, 6) is -0.774. The van der Waals surface area contributed by atoms with E-state index in [1.54, 1.807) is 31.2 Å². The van der Waals surface area contributed by atoms with Gasteiger partial charge in [-0.05, 0) is 60.0 Å². The lowest BCUT2D eigenvalue weighted by molar-refractivity contribution is -0.145. The molecule has 0 radical (unpaired) electrons. The van der Waals surface area contributed by atoms with Crippen LogP contribution in [0.25, 0.3) is 6.08 Å². The number of aliphatic carboxylic acids is 1. The van der Waals surface area contributed by atoms with Crippen LogP contribution in [0.15, 0.2) is 58.4 Å². The van der Waals surface area contributed by atoms with Crippen molar-refractivity contribution in [2.75, 3.05) is 0 Å². The number of hydrogen-bond acceptors (Lipinski definition) is 5. The first-order chi connectivity index (χ1) is 14.0. The van der Waals surface area contributed by atoms with E-state index in [9.17, 15) is 9.59 Å². The minimum Gasteiger partial charge on any atom is -0.479 e. The minimum atomic E-state index is -1.00. The predicted molar refractivity (Wildman–Crippen MR) is 115 cm³/mol. The van der Waals surface area contributed by atoms with Crippen molar-refractivity contribution in [2.45, 2.75) is 32.8 Å². The van der Waals surface area contributed by atoms with Crippen molar-refractivity contribution in [2.24, 2.45) is 4.99 Å². The van der Waals surface area contributed by atoms with E-state index in [4.69, 9.17) is 9.84 Å². The van der Waals surface area contributed by atoms with Crippen LogP contribution in [-0.2, 0) is 16.0 Å². The van der Waals surface area contributed by atoms with E-state index < -0.39 is 12.1 Å². The average molecular weight is 410 g/mol. The molecule has 150 valence electrons. The molecule has 0 spiro atoms. The zero-order chi connectivity index (χ0) is 20.8. The molecule has 0 aliphatic carbocycles. The Bertz CT molecular complexity index is 984. The number of amidine groups is 1. The molecule has 1 unspecified atom stereocenters. The highest BCUT2D eigenvalue weighted by molar-refractivity contribution is 8.18. The van der Waals surface area contributed by atoms with Gasteiger partial charge in [0.05, 0.1) is 10.6 Å². The number of carbonyl (C=O) groups is 2. The zero-order valence-electron chi connectivity index (χ0n) is 16.2. The van der Waals surface area contributed by atoms with Crippen molar-refractivity contribution in [3.63, 3.8) is 0 Å². The number of carbonyl (C=O) groups excluding carboxylic acids is 1. The number of amides is 1. The Balaban J connectivity index is 1.79. The van der Waals surface area contributed by atoms with Gasteiger partial charge < -0.3 is 15.2 Å². The van der Waals surface area contributed by atoms with Crippen LogP contribution in [-0.4, -0.2) is 28.3 Å². The van der Waals surface area contributed by atoms with Crippen LogP contribution in [0.3, 0.4) is 0 Å². The van der Waals surface area contributed by atoms with Gasteiger partial charge in [-0.2, -0.15) is 0 Å². The molecule has 29 heavy (non-hydrogen) atoms. The molecule has 0 bridgehead atoms. The number of carboxylic acid groups (broad SMARTS) is 1. The van der Waals surface area contributed by atoms with E-state index in [-0.39, 0.29) is 5.91 Å². The molecule has 1 heterocycles. The van der Waals surface area contributed by atoms with Crippen molar-refractivity contribution in [3.8, 4) is 5.75 Å². The van der Waals surface area contributed by atoms with E-state index in [0.717, 1.165) is 23.2 Å². The molecule has 0 saturated carbocycles. The van der Waals surface area contributed by atoms with Crippen LogP contribution in [0, 0.1) is 0 Å². The number of thioether (sulfide) groups is 1. The second-order valence-corrected chi connectivity index (χ2v) is 7.42. The van der Waals surface area contributed by atoms with Gasteiger partial charge in [-0.25, -0.2) is 9.79 Å². The second kappa shape index (κ2) is 9.43. The molecule has 1 fully saturated rings. The van der Waals surface area contributed by atoms with Crippen molar-refractivity contribution >= 4 is 40.6 Å². The molecule has 1 atom stereocenters. The summed E-state index contributed by atoms with van der Waals surface area (Å²) < 4.78 is 5.52. The van der Waals surface area contributed by atoms with Gasteiger partial charge in [0, 0.05) is 0 Å². The molecule has 2 N–H and O–H groups in total. The Morgan fingerprint density at radius 2 is 2.03 bits per heavy atom. The third kappa shape index (κ3) is 5.26. The molecule has 1 amide bonds. The third-order valence-corrected chi connectivity index (χ3v) is 5.24. The first kappa shape index (κ1) is 20.7. The molecule has 1 saturated heterocycles. The van der Waals surface area contributed by atoms with Gasteiger partial charge in [0.25, 0.3) is 5.91 Å². The molecule has 1 aliphatic rings. The Hall–Kier alpha value is -3.06. The summed E-state index contributed by atoms with van der Waals surface area (Å²) in [5.41, 5.74) is 2.70. The van der Waals surface area contributed by atoms with Crippen molar-refractivity contribution in [1.82, 2.24) is 5.32 Å². The highest BCUT2D eigenvalue weighted by Gasteiger charge is 2.24. The summed E-state index contributed by atoms with van der Waals surface area (Å²) in [6, 6.07) is 14.8. The number of para-hydroxylation sites is 1. The lowest BCUT2D eigenvalue weighted by atomic mass is 10.1. The van der Waals surface area contributed by atoms with Crippen LogP contribution in [0.5, 0.6) is 5.75 Å². The fourth-order valence-corrected chi connectivity index (χ4v) is 3.65. The third-order valence-electron chi connectivity index (χ3n) is 4.33. The van der Waals surface area contributed by atoms with Gasteiger partial charge in [0.2, 0.25) is 0 Å². The van der Waals surface area contributed by atoms with Gasteiger partial charge in [-0.3, -0.25) is 4.79 Å². The fourth-order valence-electron chi connectivity index (χ4n) is 2.81. The molecule has 6 nitrogen and oxygen atoms in total. The van der Waals surface area contributed by atoms with Crippen LogP contribution in [0.4, 0.5) is 5.69 Å². The van der Waals surface area contributed by atoms with Crippen LogP contribution >= 0.6 is 11.8 Å². The van der Waals surface area contributed by atoms with Gasteiger partial charge in [0.1, 0.15) is 5.75 Å². The van der Waals surface area contributed by atoms with Gasteiger partial charge in [0.15, 0.2) is 11.3 Å². The summed E-state index contributed by atoms with van der Waals surface area (Å²) in [6.07, 6.45) is 2.05. The SMILES string of the molecule is CCc1ccccc1N=C1NC(=O)/C(=C\c2cccc(OC(CC)C(=O)O)c2)S1. The van der Waals surface area contributed by atoms with Gasteiger partial charge >= 0.3 is 5.97 Å². The zero-order valence-corrected chi connectivity index (χ0v) is 17.0. The number of aryl methyl sites for hydroxylation is 1. The molecule has 1 aliphatic heterocycles. The quantitative estimate of drug-likeness (QED) is 0.661. The highest BCUT2D eigenvalue weighted by atomic mass is 32.2. The number of benzene rings is 2. The molecular formula is C22H22N2O4S. The number of nitrogens with zero attached hydrogens (tertiary/aromatic N) is 1. The van der Waals surface area contributed by atoms with E-state index in [1.807, 2.05) is 30.3 Å². The van der Waals surface area contributed by atoms with Crippen LogP contribution in [0.2, 0.25) is 0 Å². The van der Waals surface area contributed by atoms with E-state index in [0.29, 0.717) is 22.2 Å². The number of hydrogen-bond donors (Lipinski definition) is 2. The molecule has 3 rings (SSSR count). The van der Waals surface area contributed by atoms with Crippen LogP contribution in [0.1, 0.15) is 31.4 Å². The maximum Gasteiger partial charge on any atom is 0.344 e. The number of aliphatic imine (C=N–C) groups is 1. The summed E-state index contributed by atoms with van der Waals surface area (Å²) in [7, 11) is 0. The maximum absolute atomic E-state index is 12.3.